The van der Waals surface area contributed by atoms with Crippen molar-refractivity contribution in [1.29, 1.82) is 0 Å². The lowest BCUT2D eigenvalue weighted by Crippen LogP contribution is -2.08. The van der Waals surface area contributed by atoms with Gasteiger partial charge in [0.15, 0.2) is 0 Å². The number of halogens is 2. The second-order valence-electron chi connectivity index (χ2n) is 3.80. The van der Waals surface area contributed by atoms with Crippen LogP contribution in [0.25, 0.3) is 0 Å². The Morgan fingerprint density at radius 3 is 2.58 bits per heavy atom. The maximum atomic E-state index is 11.1. The van der Waals surface area contributed by atoms with Gasteiger partial charge in [-0.2, -0.15) is 0 Å². The van der Waals surface area contributed by atoms with Gasteiger partial charge < -0.3 is 10.4 Å². The van der Waals surface area contributed by atoms with Gasteiger partial charge >= 0.3 is 5.97 Å². The van der Waals surface area contributed by atoms with E-state index in [4.69, 9.17) is 28.3 Å². The summed E-state index contributed by atoms with van der Waals surface area (Å²) in [5.41, 5.74) is 1.27. The van der Waals surface area contributed by atoms with Crippen LogP contribution in [-0.2, 0) is 6.54 Å². The molecule has 0 unspecified atom stereocenters. The van der Waals surface area contributed by atoms with Crippen molar-refractivity contribution >= 4 is 34.9 Å². The number of carbonyl (C=O) groups is 1. The average Bonchev–Trinajstić information content (AvgIpc) is 2.41. The molecule has 0 spiro atoms. The lowest BCUT2D eigenvalue weighted by atomic mass is 10.2. The highest BCUT2D eigenvalue weighted by Gasteiger charge is 2.16. The van der Waals surface area contributed by atoms with Crippen molar-refractivity contribution in [2.45, 2.75) is 6.54 Å². The second kappa shape index (κ2) is 5.91. The van der Waals surface area contributed by atoms with E-state index in [-0.39, 0.29) is 21.4 Å². The number of anilines is 1. The molecule has 0 amide bonds. The van der Waals surface area contributed by atoms with Gasteiger partial charge in [0.25, 0.3) is 0 Å². The molecule has 19 heavy (non-hydrogen) atoms. The third kappa shape index (κ3) is 3.16. The Labute approximate surface area is 120 Å². The SMILES string of the molecule is O=C(O)c1cnc(Cl)c(Cl)c1NCc1ccccc1. The van der Waals surface area contributed by atoms with E-state index in [1.807, 2.05) is 30.3 Å². The molecule has 0 aliphatic carbocycles. The predicted octanol–water partition coefficient (Wildman–Crippen LogP) is 3.70. The molecule has 2 N–H and O–H groups in total. The summed E-state index contributed by atoms with van der Waals surface area (Å²) in [6.07, 6.45) is 1.18. The molecule has 1 aromatic heterocycles. The van der Waals surface area contributed by atoms with Crippen LogP contribution in [0, 0.1) is 0 Å². The average molecular weight is 297 g/mol. The minimum absolute atomic E-state index is 0.00895. The van der Waals surface area contributed by atoms with Gasteiger partial charge in [-0.1, -0.05) is 53.5 Å². The number of aromatic nitrogens is 1. The van der Waals surface area contributed by atoms with E-state index in [0.29, 0.717) is 6.54 Å². The summed E-state index contributed by atoms with van der Waals surface area (Å²) in [5.74, 6) is -1.11. The molecule has 98 valence electrons. The molecule has 0 saturated heterocycles. The molecule has 0 bridgehead atoms. The van der Waals surface area contributed by atoms with Crippen molar-refractivity contribution in [3.05, 3.63) is 57.8 Å². The number of hydrogen-bond donors (Lipinski definition) is 2. The smallest absolute Gasteiger partial charge is 0.339 e. The zero-order chi connectivity index (χ0) is 13.8. The monoisotopic (exact) mass is 296 g/mol. The van der Waals surface area contributed by atoms with Gasteiger partial charge in [0.2, 0.25) is 0 Å². The van der Waals surface area contributed by atoms with Crippen LogP contribution in [0.15, 0.2) is 36.5 Å². The van der Waals surface area contributed by atoms with E-state index in [1.165, 1.54) is 6.20 Å². The Balaban J connectivity index is 2.28. The van der Waals surface area contributed by atoms with E-state index >= 15 is 0 Å². The predicted molar refractivity (Wildman–Crippen MR) is 75.0 cm³/mol. The lowest BCUT2D eigenvalue weighted by molar-refractivity contribution is 0.0697. The van der Waals surface area contributed by atoms with Crippen molar-refractivity contribution in [3.63, 3.8) is 0 Å². The highest BCUT2D eigenvalue weighted by atomic mass is 35.5. The molecule has 0 aliphatic heterocycles. The topological polar surface area (TPSA) is 62.2 Å². The molecule has 0 radical (unpaired) electrons. The highest BCUT2D eigenvalue weighted by molar-refractivity contribution is 6.43. The van der Waals surface area contributed by atoms with Crippen molar-refractivity contribution < 1.29 is 9.90 Å². The van der Waals surface area contributed by atoms with Crippen LogP contribution >= 0.6 is 23.2 Å². The summed E-state index contributed by atoms with van der Waals surface area (Å²) in [6, 6.07) is 9.54. The van der Waals surface area contributed by atoms with Gasteiger partial charge in [-0.25, -0.2) is 9.78 Å². The third-order valence-corrected chi connectivity index (χ3v) is 3.27. The zero-order valence-corrected chi connectivity index (χ0v) is 11.2. The number of nitrogens with zero attached hydrogens (tertiary/aromatic N) is 1. The molecular formula is C13H10Cl2N2O2. The Morgan fingerprint density at radius 1 is 1.26 bits per heavy atom. The van der Waals surface area contributed by atoms with Crippen LogP contribution in [0.5, 0.6) is 0 Å². The molecule has 0 atom stereocenters. The van der Waals surface area contributed by atoms with Crippen LogP contribution in [0.3, 0.4) is 0 Å². The Morgan fingerprint density at radius 2 is 1.95 bits per heavy atom. The first-order chi connectivity index (χ1) is 9.09. The summed E-state index contributed by atoms with van der Waals surface area (Å²) in [7, 11) is 0. The van der Waals surface area contributed by atoms with Crippen molar-refractivity contribution in [3.8, 4) is 0 Å². The van der Waals surface area contributed by atoms with Crippen LogP contribution in [0.2, 0.25) is 10.2 Å². The van der Waals surface area contributed by atoms with Crippen LogP contribution in [0.4, 0.5) is 5.69 Å². The normalized spacial score (nSPS) is 10.2. The molecule has 4 nitrogen and oxygen atoms in total. The summed E-state index contributed by atoms with van der Waals surface area (Å²) in [6.45, 7) is 0.446. The number of benzene rings is 1. The lowest BCUT2D eigenvalue weighted by Gasteiger charge is -2.12. The standard InChI is InChI=1S/C13H10Cl2N2O2/c14-10-11(9(13(18)19)7-17-12(10)15)16-6-8-4-2-1-3-5-8/h1-5,7H,6H2,(H,16,17)(H,18,19). The Bertz CT molecular complexity index is 603. The number of nitrogens with one attached hydrogen (secondary N) is 1. The van der Waals surface area contributed by atoms with Crippen molar-refractivity contribution in [2.24, 2.45) is 0 Å². The third-order valence-electron chi connectivity index (χ3n) is 2.52. The van der Waals surface area contributed by atoms with Gasteiger partial charge in [-0.3, -0.25) is 0 Å². The fourth-order valence-corrected chi connectivity index (χ4v) is 1.95. The zero-order valence-electron chi connectivity index (χ0n) is 9.73. The molecule has 0 fully saturated rings. The largest absolute Gasteiger partial charge is 0.478 e. The number of carboxylic acids is 1. The van der Waals surface area contributed by atoms with Gasteiger partial charge in [-0.05, 0) is 5.56 Å². The summed E-state index contributed by atoms with van der Waals surface area (Å²) >= 11 is 11.8. The van der Waals surface area contributed by atoms with E-state index < -0.39 is 5.97 Å². The van der Waals surface area contributed by atoms with E-state index in [2.05, 4.69) is 10.3 Å². The second-order valence-corrected chi connectivity index (χ2v) is 4.53. The molecular weight excluding hydrogens is 287 g/mol. The summed E-state index contributed by atoms with van der Waals surface area (Å²) in [4.78, 5) is 14.8. The van der Waals surface area contributed by atoms with Gasteiger partial charge in [0.1, 0.15) is 15.7 Å². The fraction of sp³-hybridized carbons (Fsp3) is 0.0769. The minimum atomic E-state index is -1.11. The Kier molecular flexibility index (Phi) is 4.24. The Hall–Kier alpha value is -1.78. The number of aromatic carboxylic acids is 1. The molecule has 1 heterocycles. The van der Waals surface area contributed by atoms with Crippen molar-refractivity contribution in [2.75, 3.05) is 5.32 Å². The molecule has 2 rings (SSSR count). The van der Waals surface area contributed by atoms with Crippen LogP contribution in [-0.4, -0.2) is 16.1 Å². The number of carboxylic acid groups (broad SMARTS) is 1. The van der Waals surface area contributed by atoms with Crippen LogP contribution in [0.1, 0.15) is 15.9 Å². The maximum absolute atomic E-state index is 11.1. The van der Waals surface area contributed by atoms with E-state index in [1.54, 1.807) is 0 Å². The number of pyridine rings is 1. The van der Waals surface area contributed by atoms with E-state index in [0.717, 1.165) is 5.56 Å². The fourth-order valence-electron chi connectivity index (χ4n) is 1.59. The number of hydrogen-bond acceptors (Lipinski definition) is 3. The summed E-state index contributed by atoms with van der Waals surface area (Å²) in [5, 5.41) is 12.3. The quantitative estimate of drug-likeness (QED) is 0.845. The molecule has 6 heteroatoms. The molecule has 0 aliphatic rings. The first-order valence-corrected chi connectivity index (χ1v) is 6.20. The summed E-state index contributed by atoms with van der Waals surface area (Å²) < 4.78 is 0. The first-order valence-electron chi connectivity index (χ1n) is 5.44. The van der Waals surface area contributed by atoms with Gasteiger partial charge in [-0.15, -0.1) is 0 Å². The first kappa shape index (κ1) is 13.6. The molecule has 0 saturated carbocycles. The highest BCUT2D eigenvalue weighted by Crippen LogP contribution is 2.31. The molecule has 1 aromatic carbocycles. The molecule has 2 aromatic rings. The van der Waals surface area contributed by atoms with E-state index in [9.17, 15) is 4.79 Å². The van der Waals surface area contributed by atoms with Gasteiger partial charge in [0, 0.05) is 12.7 Å². The minimum Gasteiger partial charge on any atom is -0.478 e. The maximum Gasteiger partial charge on any atom is 0.339 e. The van der Waals surface area contributed by atoms with Crippen molar-refractivity contribution in [1.82, 2.24) is 4.98 Å². The number of rotatable bonds is 4. The van der Waals surface area contributed by atoms with Gasteiger partial charge in [0.05, 0.1) is 5.69 Å². The van der Waals surface area contributed by atoms with Crippen LogP contribution < -0.4 is 5.32 Å².